The van der Waals surface area contributed by atoms with E-state index in [0.29, 0.717) is 16.5 Å². The molecule has 0 radical (unpaired) electrons. The van der Waals surface area contributed by atoms with Crippen molar-refractivity contribution in [3.63, 3.8) is 0 Å². The molecule has 0 amide bonds. The molecule has 5 nitrogen and oxygen atoms in total. The third-order valence-electron chi connectivity index (χ3n) is 2.66. The second-order valence-electron chi connectivity index (χ2n) is 4.31. The van der Waals surface area contributed by atoms with Crippen molar-refractivity contribution in [2.75, 3.05) is 0 Å². The summed E-state index contributed by atoms with van der Waals surface area (Å²) in [6, 6.07) is 8.78. The molecule has 0 bridgehead atoms. The lowest BCUT2D eigenvalue weighted by molar-refractivity contribution is -0.134. The highest BCUT2D eigenvalue weighted by molar-refractivity contribution is 7.15. The fraction of sp³-hybridized carbons (Fsp3) is 0.200. The minimum absolute atomic E-state index is 0.307. The van der Waals surface area contributed by atoms with Gasteiger partial charge in [0.1, 0.15) is 6.61 Å². The van der Waals surface area contributed by atoms with Crippen molar-refractivity contribution in [1.82, 2.24) is 4.98 Å². The van der Waals surface area contributed by atoms with Crippen LogP contribution in [-0.2, 0) is 16.2 Å². The Bertz CT molecular complexity index is 663. The molecule has 21 heavy (non-hydrogen) atoms. The average Bonchev–Trinajstić information content (AvgIpc) is 2.95. The highest BCUT2D eigenvalue weighted by atomic mass is 32.1. The molecule has 108 valence electrons. The number of hydrogen-bond acceptors (Lipinski definition) is 6. The van der Waals surface area contributed by atoms with Crippen molar-refractivity contribution in [1.29, 1.82) is 0 Å². The van der Waals surface area contributed by atoms with E-state index >= 15 is 0 Å². The van der Waals surface area contributed by atoms with Gasteiger partial charge in [0.15, 0.2) is 16.6 Å². The van der Waals surface area contributed by atoms with E-state index in [0.717, 1.165) is 24.0 Å². The Morgan fingerprint density at radius 1 is 1.19 bits per heavy atom. The molecule has 2 aromatic heterocycles. The monoisotopic (exact) mass is 303 g/mol. The summed E-state index contributed by atoms with van der Waals surface area (Å²) >= 11 is 1.15. The van der Waals surface area contributed by atoms with Gasteiger partial charge < -0.3 is 4.74 Å². The minimum Gasteiger partial charge on any atom is -0.478 e. The fourth-order valence-corrected chi connectivity index (χ4v) is 2.33. The van der Waals surface area contributed by atoms with Gasteiger partial charge in [0.25, 0.3) is 0 Å². The Kier molecular flexibility index (Phi) is 4.94. The summed E-state index contributed by atoms with van der Waals surface area (Å²) < 4.78 is 5.53. The zero-order chi connectivity index (χ0) is 15.2. The second-order valence-corrected chi connectivity index (χ2v) is 5.35. The van der Waals surface area contributed by atoms with Crippen LogP contribution < -0.4 is 4.74 Å². The van der Waals surface area contributed by atoms with Gasteiger partial charge in [-0.1, -0.05) is 17.4 Å². The standard InChI is InChI=1S/C15H13NO4S/c1-10(17)12(18)8-13(19)14-5-6-15(21-14)20-9-11-4-2-3-7-16-11/h2-7H,8-9H2,1H3. The fourth-order valence-electron chi connectivity index (χ4n) is 1.53. The maximum absolute atomic E-state index is 11.8. The van der Waals surface area contributed by atoms with Gasteiger partial charge in [-0.25, -0.2) is 0 Å². The van der Waals surface area contributed by atoms with Crippen molar-refractivity contribution in [2.45, 2.75) is 20.0 Å². The lowest BCUT2D eigenvalue weighted by Crippen LogP contribution is -2.14. The van der Waals surface area contributed by atoms with Crippen molar-refractivity contribution in [3.8, 4) is 5.06 Å². The molecule has 2 rings (SSSR count). The van der Waals surface area contributed by atoms with Gasteiger partial charge in [-0.2, -0.15) is 0 Å². The van der Waals surface area contributed by atoms with Crippen LogP contribution in [0.3, 0.4) is 0 Å². The topological polar surface area (TPSA) is 73.3 Å². The number of carbonyl (C=O) groups is 3. The van der Waals surface area contributed by atoms with Crippen LogP contribution in [0, 0.1) is 0 Å². The van der Waals surface area contributed by atoms with E-state index in [1.807, 2.05) is 18.2 Å². The van der Waals surface area contributed by atoms with Gasteiger partial charge in [-0.05, 0) is 24.3 Å². The van der Waals surface area contributed by atoms with E-state index in [4.69, 9.17) is 4.74 Å². The van der Waals surface area contributed by atoms with Crippen LogP contribution in [-0.4, -0.2) is 22.3 Å². The predicted molar refractivity (Wildman–Crippen MR) is 77.5 cm³/mol. The van der Waals surface area contributed by atoms with Crippen molar-refractivity contribution >= 4 is 28.7 Å². The first kappa shape index (κ1) is 15.1. The van der Waals surface area contributed by atoms with Crippen molar-refractivity contribution < 1.29 is 19.1 Å². The Hall–Kier alpha value is -2.34. The summed E-state index contributed by atoms with van der Waals surface area (Å²) in [7, 11) is 0. The maximum Gasteiger partial charge on any atom is 0.205 e. The van der Waals surface area contributed by atoms with Gasteiger partial charge in [-0.15, -0.1) is 0 Å². The van der Waals surface area contributed by atoms with Crippen LogP contribution in [0.2, 0.25) is 0 Å². The van der Waals surface area contributed by atoms with E-state index in [1.54, 1.807) is 18.3 Å². The normalized spacial score (nSPS) is 10.1. The number of hydrogen-bond donors (Lipinski definition) is 0. The molecule has 0 N–H and O–H groups in total. The first-order valence-electron chi connectivity index (χ1n) is 6.26. The largest absolute Gasteiger partial charge is 0.478 e. The summed E-state index contributed by atoms with van der Waals surface area (Å²) in [5.74, 6) is -1.65. The molecule has 2 heterocycles. The summed E-state index contributed by atoms with van der Waals surface area (Å²) in [6.45, 7) is 1.47. The molecular formula is C15H13NO4S. The third kappa shape index (κ3) is 4.32. The van der Waals surface area contributed by atoms with E-state index in [2.05, 4.69) is 4.98 Å². The number of ether oxygens (including phenoxy) is 1. The van der Waals surface area contributed by atoms with Crippen LogP contribution in [0.5, 0.6) is 5.06 Å². The van der Waals surface area contributed by atoms with Crippen molar-refractivity contribution in [3.05, 3.63) is 47.1 Å². The summed E-state index contributed by atoms with van der Waals surface area (Å²) in [5.41, 5.74) is 0.783. The quantitative estimate of drug-likeness (QED) is 0.446. The van der Waals surface area contributed by atoms with Crippen molar-refractivity contribution in [2.24, 2.45) is 0 Å². The highest BCUT2D eigenvalue weighted by Gasteiger charge is 2.17. The second kappa shape index (κ2) is 6.90. The van der Waals surface area contributed by atoms with Crippen LogP contribution in [0.1, 0.15) is 28.7 Å². The van der Waals surface area contributed by atoms with Gasteiger partial charge in [-0.3, -0.25) is 19.4 Å². The summed E-state index contributed by atoms with van der Waals surface area (Å²) in [4.78, 5) is 38.4. The van der Waals surface area contributed by atoms with Crippen LogP contribution in [0.4, 0.5) is 0 Å². The molecule has 0 fully saturated rings. The zero-order valence-corrected chi connectivity index (χ0v) is 12.2. The number of carbonyl (C=O) groups excluding carboxylic acids is 3. The molecule has 0 aliphatic carbocycles. The molecule has 2 aromatic rings. The average molecular weight is 303 g/mol. The lowest BCUT2D eigenvalue weighted by Gasteiger charge is -2.01. The molecule has 0 aliphatic heterocycles. The van der Waals surface area contributed by atoms with E-state index in [1.165, 1.54) is 0 Å². The first-order valence-corrected chi connectivity index (χ1v) is 7.07. The number of Topliss-reactive ketones (excluding diaryl/α,β-unsaturated/α-hetero) is 3. The Labute approximate surface area is 125 Å². The number of aromatic nitrogens is 1. The summed E-state index contributed by atoms with van der Waals surface area (Å²) in [6.07, 6.45) is 1.28. The minimum atomic E-state index is -0.677. The molecule has 0 unspecified atom stereocenters. The molecule has 0 spiro atoms. The number of thiophene rings is 1. The van der Waals surface area contributed by atoms with Crippen LogP contribution in [0.15, 0.2) is 36.5 Å². The van der Waals surface area contributed by atoms with Gasteiger partial charge >= 0.3 is 0 Å². The van der Waals surface area contributed by atoms with Crippen LogP contribution in [0.25, 0.3) is 0 Å². The molecule has 0 aliphatic rings. The zero-order valence-electron chi connectivity index (χ0n) is 11.4. The molecule has 0 saturated carbocycles. The Balaban J connectivity index is 1.93. The Morgan fingerprint density at radius 3 is 2.67 bits per heavy atom. The van der Waals surface area contributed by atoms with Gasteiger partial charge in [0, 0.05) is 13.1 Å². The number of ketones is 3. The van der Waals surface area contributed by atoms with E-state index in [9.17, 15) is 14.4 Å². The number of rotatable bonds is 7. The first-order chi connectivity index (χ1) is 10.1. The molecule has 0 saturated heterocycles. The SMILES string of the molecule is CC(=O)C(=O)CC(=O)c1ccc(OCc2ccccn2)s1. The Morgan fingerprint density at radius 2 is 2.00 bits per heavy atom. The van der Waals surface area contributed by atoms with E-state index < -0.39 is 18.0 Å². The molecule has 0 aromatic carbocycles. The molecule has 6 heteroatoms. The highest BCUT2D eigenvalue weighted by Crippen LogP contribution is 2.26. The summed E-state index contributed by atoms with van der Waals surface area (Å²) in [5, 5.41) is 0.569. The third-order valence-corrected chi connectivity index (χ3v) is 3.70. The van der Waals surface area contributed by atoms with E-state index in [-0.39, 0.29) is 5.78 Å². The number of pyridine rings is 1. The predicted octanol–water partition coefficient (Wildman–Crippen LogP) is 2.45. The molecular weight excluding hydrogens is 290 g/mol. The van der Waals surface area contributed by atoms with Gasteiger partial charge in [0.2, 0.25) is 5.78 Å². The lowest BCUT2D eigenvalue weighted by atomic mass is 10.1. The number of nitrogens with zero attached hydrogens (tertiary/aromatic N) is 1. The van der Waals surface area contributed by atoms with Gasteiger partial charge in [0.05, 0.1) is 17.0 Å². The molecule has 0 atom stereocenters. The van der Waals surface area contributed by atoms with Crippen LogP contribution >= 0.6 is 11.3 Å². The maximum atomic E-state index is 11.8. The smallest absolute Gasteiger partial charge is 0.205 e.